The fourth-order valence-electron chi connectivity index (χ4n) is 2.31. The van der Waals surface area contributed by atoms with Crippen LogP contribution >= 0.6 is 0 Å². The third-order valence-corrected chi connectivity index (χ3v) is 3.56. The molecular formula is C11H15FN4O5. The molecule has 0 bridgehead atoms. The van der Waals surface area contributed by atoms with Gasteiger partial charge in [0.05, 0.1) is 12.8 Å². The normalized spacial score (nSPS) is 42.8. The minimum absolute atomic E-state index is 0.664. The molecule has 1 fully saturated rings. The first-order chi connectivity index (χ1) is 9.86. The molecule has 2 rings (SSSR count). The van der Waals surface area contributed by atoms with Crippen LogP contribution in [-0.2, 0) is 4.74 Å². The van der Waals surface area contributed by atoms with Gasteiger partial charge in [0.1, 0.15) is 25.0 Å². The van der Waals surface area contributed by atoms with E-state index in [0.29, 0.717) is 4.90 Å². The van der Waals surface area contributed by atoms with E-state index in [-0.39, 0.29) is 0 Å². The monoisotopic (exact) mass is 302 g/mol. The van der Waals surface area contributed by atoms with E-state index in [1.165, 1.54) is 6.08 Å². The van der Waals surface area contributed by atoms with Crippen LogP contribution < -0.4 is 11.1 Å². The molecule has 0 spiro atoms. The Kier molecular flexibility index (Phi) is 3.87. The molecular weight excluding hydrogens is 287 g/mol. The Morgan fingerprint density at radius 2 is 2.24 bits per heavy atom. The Hall–Kier alpha value is -1.77. The van der Waals surface area contributed by atoms with Crippen LogP contribution in [0.1, 0.15) is 0 Å². The van der Waals surface area contributed by atoms with Crippen LogP contribution in [0.2, 0.25) is 0 Å². The highest BCUT2D eigenvalue weighted by Gasteiger charge is 2.66. The van der Waals surface area contributed by atoms with E-state index >= 15 is 0 Å². The second-order valence-electron chi connectivity index (χ2n) is 4.84. The molecule has 0 saturated carbocycles. The molecule has 1 saturated heterocycles. The average Bonchev–Trinajstić information content (AvgIpc) is 2.70. The Labute approximate surface area is 119 Å². The molecule has 116 valence electrons. The molecule has 2 aliphatic heterocycles. The van der Waals surface area contributed by atoms with E-state index in [0.717, 1.165) is 6.20 Å². The maximum Gasteiger partial charge on any atom is 0.326 e. The predicted molar refractivity (Wildman–Crippen MR) is 64.7 cm³/mol. The first-order valence-electron chi connectivity index (χ1n) is 6.05. The minimum atomic E-state index is -2.38. The Balaban J connectivity index is 2.46. The standard InChI is InChI=1S/C11H15FN4O5/c12-3-10(5-17)7(18)8(19)11(4-13,21-10)16-2-1-6(14)15-9(16)20/h1-2,6-8,17-19H,3,5,14H2,(H,15,20)/t6?,7-,8+,10+,11+/m0/s1. The number of hydrogen-bond donors (Lipinski definition) is 5. The molecule has 2 amide bonds. The van der Waals surface area contributed by atoms with Gasteiger partial charge < -0.3 is 31.1 Å². The zero-order chi connectivity index (χ0) is 15.8. The van der Waals surface area contributed by atoms with Crippen molar-refractivity contribution in [3.8, 4) is 6.07 Å². The fourth-order valence-corrected chi connectivity index (χ4v) is 2.31. The van der Waals surface area contributed by atoms with Crippen molar-refractivity contribution in [1.82, 2.24) is 10.2 Å². The molecule has 1 unspecified atom stereocenters. The van der Waals surface area contributed by atoms with Crippen molar-refractivity contribution in [1.29, 1.82) is 5.26 Å². The molecule has 9 nitrogen and oxygen atoms in total. The highest BCUT2D eigenvalue weighted by atomic mass is 19.1. The van der Waals surface area contributed by atoms with E-state index in [2.05, 4.69) is 5.32 Å². The van der Waals surface area contributed by atoms with Gasteiger partial charge in [0.25, 0.3) is 5.72 Å². The van der Waals surface area contributed by atoms with Crippen molar-refractivity contribution >= 4 is 6.03 Å². The lowest BCUT2D eigenvalue weighted by Gasteiger charge is -2.38. The number of aliphatic hydroxyl groups is 3. The number of amides is 2. The average molecular weight is 302 g/mol. The smallest absolute Gasteiger partial charge is 0.326 e. The number of carbonyl (C=O) groups excluding carboxylic acids is 1. The summed E-state index contributed by atoms with van der Waals surface area (Å²) in [6.07, 6.45) is -2.25. The van der Waals surface area contributed by atoms with Crippen molar-refractivity contribution in [2.24, 2.45) is 5.73 Å². The largest absolute Gasteiger partial charge is 0.393 e. The molecule has 0 aromatic rings. The first-order valence-corrected chi connectivity index (χ1v) is 6.05. The van der Waals surface area contributed by atoms with Gasteiger partial charge in [0.15, 0.2) is 5.60 Å². The zero-order valence-corrected chi connectivity index (χ0v) is 10.8. The number of aliphatic hydroxyl groups excluding tert-OH is 3. The molecule has 0 aromatic heterocycles. The van der Waals surface area contributed by atoms with Gasteiger partial charge in [0.2, 0.25) is 0 Å². The molecule has 21 heavy (non-hydrogen) atoms. The third kappa shape index (κ3) is 2.06. The number of carbonyl (C=O) groups is 1. The quantitative estimate of drug-likeness (QED) is 0.386. The first kappa shape index (κ1) is 15.6. The van der Waals surface area contributed by atoms with Crippen LogP contribution in [0.15, 0.2) is 12.3 Å². The number of ether oxygens (including phenoxy) is 1. The van der Waals surface area contributed by atoms with Gasteiger partial charge in [-0.05, 0) is 6.08 Å². The molecule has 0 aromatic carbocycles. The van der Waals surface area contributed by atoms with Gasteiger partial charge in [-0.25, -0.2) is 9.18 Å². The van der Waals surface area contributed by atoms with E-state index in [4.69, 9.17) is 10.5 Å². The van der Waals surface area contributed by atoms with Crippen LogP contribution in [0.3, 0.4) is 0 Å². The number of alkyl halides is 1. The van der Waals surface area contributed by atoms with Gasteiger partial charge in [-0.1, -0.05) is 0 Å². The lowest BCUT2D eigenvalue weighted by Crippen LogP contribution is -2.62. The maximum atomic E-state index is 13.2. The van der Waals surface area contributed by atoms with Gasteiger partial charge in [-0.15, -0.1) is 0 Å². The Bertz CT molecular complexity index is 505. The summed E-state index contributed by atoms with van der Waals surface area (Å²) in [6, 6.07) is 0.689. The summed E-state index contributed by atoms with van der Waals surface area (Å²) < 4.78 is 18.3. The second kappa shape index (κ2) is 5.21. The number of urea groups is 1. The number of rotatable bonds is 3. The van der Waals surface area contributed by atoms with E-state index in [1.807, 2.05) is 0 Å². The van der Waals surface area contributed by atoms with Crippen molar-refractivity contribution in [2.45, 2.75) is 29.7 Å². The number of nitrogens with two attached hydrogens (primary N) is 1. The summed E-state index contributed by atoms with van der Waals surface area (Å²) >= 11 is 0. The van der Waals surface area contributed by atoms with E-state index in [1.54, 1.807) is 6.07 Å². The molecule has 2 aliphatic rings. The third-order valence-electron chi connectivity index (χ3n) is 3.56. The fraction of sp³-hybridized carbons (Fsp3) is 0.636. The number of hydrogen-bond acceptors (Lipinski definition) is 7. The molecule has 6 N–H and O–H groups in total. The van der Waals surface area contributed by atoms with Crippen molar-refractivity contribution in [3.63, 3.8) is 0 Å². The number of nitriles is 1. The Morgan fingerprint density at radius 3 is 2.67 bits per heavy atom. The van der Waals surface area contributed by atoms with Gasteiger partial charge >= 0.3 is 6.03 Å². The molecule has 2 heterocycles. The summed E-state index contributed by atoms with van der Waals surface area (Å²) in [5, 5.41) is 40.8. The SMILES string of the molecule is N#C[C@@]1(N2C=CC(N)NC2=O)O[C@@](CO)(CF)[C@@H](O)[C@H]1O. The lowest BCUT2D eigenvalue weighted by atomic mass is 9.94. The van der Waals surface area contributed by atoms with Crippen LogP contribution in [0.5, 0.6) is 0 Å². The van der Waals surface area contributed by atoms with Gasteiger partial charge in [-0.3, -0.25) is 4.90 Å². The summed E-state index contributed by atoms with van der Waals surface area (Å²) in [7, 11) is 0. The summed E-state index contributed by atoms with van der Waals surface area (Å²) in [5.41, 5.74) is 0.886. The summed E-state index contributed by atoms with van der Waals surface area (Å²) in [5.74, 6) is 0. The highest BCUT2D eigenvalue weighted by molar-refractivity contribution is 5.78. The van der Waals surface area contributed by atoms with Crippen LogP contribution in [0.25, 0.3) is 0 Å². The number of halogens is 1. The van der Waals surface area contributed by atoms with Crippen LogP contribution in [-0.4, -0.2) is 69.2 Å². The number of nitrogens with zero attached hydrogens (tertiary/aromatic N) is 2. The molecule has 10 heteroatoms. The summed E-state index contributed by atoms with van der Waals surface area (Å²) in [6.45, 7) is -2.34. The van der Waals surface area contributed by atoms with Crippen LogP contribution in [0.4, 0.5) is 9.18 Å². The van der Waals surface area contributed by atoms with Gasteiger partial charge in [-0.2, -0.15) is 5.26 Å². The van der Waals surface area contributed by atoms with E-state index in [9.17, 15) is 29.8 Å². The second-order valence-corrected chi connectivity index (χ2v) is 4.84. The highest BCUT2D eigenvalue weighted by Crippen LogP contribution is 2.41. The number of nitrogens with one attached hydrogen (secondary N) is 1. The van der Waals surface area contributed by atoms with E-state index < -0.39 is 49.0 Å². The van der Waals surface area contributed by atoms with Crippen molar-refractivity contribution < 1.29 is 29.2 Å². The molecule has 5 atom stereocenters. The molecule has 0 aliphatic carbocycles. The summed E-state index contributed by atoms with van der Waals surface area (Å²) in [4.78, 5) is 12.6. The van der Waals surface area contributed by atoms with Crippen molar-refractivity contribution in [2.75, 3.05) is 13.3 Å². The van der Waals surface area contributed by atoms with Crippen LogP contribution in [0, 0.1) is 11.3 Å². The molecule has 0 radical (unpaired) electrons. The predicted octanol–water partition coefficient (Wildman–Crippen LogP) is -2.52. The zero-order valence-electron chi connectivity index (χ0n) is 10.8. The van der Waals surface area contributed by atoms with Crippen molar-refractivity contribution in [3.05, 3.63) is 12.3 Å². The topological polar surface area (TPSA) is 152 Å². The maximum absolute atomic E-state index is 13.2. The Morgan fingerprint density at radius 1 is 1.57 bits per heavy atom. The van der Waals surface area contributed by atoms with Gasteiger partial charge in [0, 0.05) is 6.20 Å². The minimum Gasteiger partial charge on any atom is -0.393 e. The lowest BCUT2D eigenvalue weighted by molar-refractivity contribution is -0.171.